The molecule has 0 spiro atoms. The number of rotatable bonds is 6. The van der Waals surface area contributed by atoms with Crippen molar-refractivity contribution in [1.29, 1.82) is 0 Å². The lowest BCUT2D eigenvalue weighted by molar-refractivity contribution is 0.128. The molecule has 0 aliphatic heterocycles. The van der Waals surface area contributed by atoms with Crippen molar-refractivity contribution >= 4 is 17.4 Å². The van der Waals surface area contributed by atoms with Crippen LogP contribution < -0.4 is 5.32 Å². The van der Waals surface area contributed by atoms with Crippen LogP contribution in [0.15, 0.2) is 6.07 Å². The minimum absolute atomic E-state index is 0.409. The number of anilines is 1. The van der Waals surface area contributed by atoms with Gasteiger partial charge in [-0.3, -0.25) is 0 Å². The lowest BCUT2D eigenvalue weighted by atomic mass is 9.83. The molecule has 1 aromatic heterocycles. The van der Waals surface area contributed by atoms with E-state index in [0.29, 0.717) is 24.2 Å². The molecule has 1 N–H and O–H groups in total. The minimum atomic E-state index is 0.409. The molecule has 0 unspecified atom stereocenters. The Bertz CT molecular complexity index is 420. The van der Waals surface area contributed by atoms with Gasteiger partial charge in [0.05, 0.1) is 0 Å². The lowest BCUT2D eigenvalue weighted by Gasteiger charge is -2.26. The Labute approximate surface area is 126 Å². The van der Waals surface area contributed by atoms with Gasteiger partial charge in [-0.25, -0.2) is 9.97 Å². The second kappa shape index (κ2) is 7.79. The molecule has 20 heavy (non-hydrogen) atoms. The number of hydrogen-bond acceptors (Lipinski definition) is 4. The molecule has 0 radical (unpaired) electrons. The van der Waals surface area contributed by atoms with Gasteiger partial charge in [0.1, 0.15) is 17.6 Å². The minimum Gasteiger partial charge on any atom is -0.374 e. The summed E-state index contributed by atoms with van der Waals surface area (Å²) in [6, 6.07) is 1.78. The second-order valence-electron chi connectivity index (χ2n) is 5.64. The third kappa shape index (κ3) is 4.91. The first-order valence-electron chi connectivity index (χ1n) is 7.52. The van der Waals surface area contributed by atoms with Gasteiger partial charge >= 0.3 is 0 Å². The molecule has 4 nitrogen and oxygen atoms in total. The van der Waals surface area contributed by atoms with E-state index in [9.17, 15) is 0 Å². The number of nitrogens with one attached hydrogen (secondary N) is 1. The Morgan fingerprint density at radius 3 is 2.75 bits per heavy atom. The van der Waals surface area contributed by atoms with E-state index in [1.807, 2.05) is 6.92 Å². The predicted octanol–water partition coefficient (Wildman–Crippen LogP) is 3.90. The average molecular weight is 298 g/mol. The Hall–Kier alpha value is -0.870. The van der Waals surface area contributed by atoms with Gasteiger partial charge in [0.2, 0.25) is 0 Å². The zero-order chi connectivity index (χ0) is 14.4. The maximum Gasteiger partial charge on any atom is 0.158 e. The number of nitrogens with zero attached hydrogens (tertiary/aromatic N) is 2. The van der Waals surface area contributed by atoms with Gasteiger partial charge in [0.25, 0.3) is 0 Å². The van der Waals surface area contributed by atoms with Crippen LogP contribution in [0.1, 0.15) is 45.4 Å². The Kier molecular flexibility index (Phi) is 6.05. The molecule has 0 saturated heterocycles. The third-order valence-corrected chi connectivity index (χ3v) is 4.08. The van der Waals surface area contributed by atoms with Crippen LogP contribution >= 0.6 is 11.6 Å². The van der Waals surface area contributed by atoms with Crippen LogP contribution in [0, 0.1) is 11.8 Å². The Morgan fingerprint density at radius 1 is 1.30 bits per heavy atom. The quantitative estimate of drug-likeness (QED) is 0.809. The smallest absolute Gasteiger partial charge is 0.158 e. The van der Waals surface area contributed by atoms with Crippen LogP contribution in [0.2, 0.25) is 5.15 Å². The van der Waals surface area contributed by atoms with E-state index in [1.54, 1.807) is 6.07 Å². The summed E-state index contributed by atoms with van der Waals surface area (Å²) < 4.78 is 5.32. The van der Waals surface area contributed by atoms with E-state index in [2.05, 4.69) is 22.2 Å². The molecule has 1 aliphatic rings. The van der Waals surface area contributed by atoms with Crippen LogP contribution in [0.5, 0.6) is 0 Å². The predicted molar refractivity (Wildman–Crippen MR) is 82.0 cm³/mol. The van der Waals surface area contributed by atoms with Gasteiger partial charge in [-0.2, -0.15) is 0 Å². The number of ether oxygens (including phenoxy) is 1. The highest BCUT2D eigenvalue weighted by molar-refractivity contribution is 6.29. The van der Waals surface area contributed by atoms with Crippen molar-refractivity contribution < 1.29 is 4.74 Å². The fourth-order valence-electron chi connectivity index (χ4n) is 2.60. The molecule has 1 saturated carbocycles. The van der Waals surface area contributed by atoms with Crippen LogP contribution in [0.25, 0.3) is 0 Å². The van der Waals surface area contributed by atoms with E-state index in [1.165, 1.54) is 25.7 Å². The summed E-state index contributed by atoms with van der Waals surface area (Å²) in [5.74, 6) is 3.07. The zero-order valence-corrected chi connectivity index (χ0v) is 13.1. The van der Waals surface area contributed by atoms with Gasteiger partial charge in [0, 0.05) is 19.2 Å². The van der Waals surface area contributed by atoms with Gasteiger partial charge < -0.3 is 10.1 Å². The molecular weight excluding hydrogens is 274 g/mol. The topological polar surface area (TPSA) is 47.0 Å². The summed E-state index contributed by atoms with van der Waals surface area (Å²) in [6.45, 7) is 6.32. The summed E-state index contributed by atoms with van der Waals surface area (Å²) in [6.07, 6.45) is 5.29. The summed E-state index contributed by atoms with van der Waals surface area (Å²) in [4.78, 5) is 8.60. The Balaban J connectivity index is 1.87. The van der Waals surface area contributed by atoms with Crippen molar-refractivity contribution in [2.24, 2.45) is 11.8 Å². The maximum atomic E-state index is 6.02. The number of halogens is 1. The average Bonchev–Trinajstić information content (AvgIpc) is 2.44. The summed E-state index contributed by atoms with van der Waals surface area (Å²) in [5, 5.41) is 3.86. The molecular formula is C15H24ClN3O. The maximum absolute atomic E-state index is 6.02. The molecule has 0 amide bonds. The van der Waals surface area contributed by atoms with Gasteiger partial charge in [-0.05, 0) is 31.6 Å². The van der Waals surface area contributed by atoms with Crippen LogP contribution in [-0.2, 0) is 11.3 Å². The first-order chi connectivity index (χ1) is 9.67. The van der Waals surface area contributed by atoms with Crippen molar-refractivity contribution in [2.75, 3.05) is 18.5 Å². The number of aromatic nitrogens is 2. The van der Waals surface area contributed by atoms with Gasteiger partial charge in [0.15, 0.2) is 5.82 Å². The fourth-order valence-corrected chi connectivity index (χ4v) is 2.80. The Morgan fingerprint density at radius 2 is 2.05 bits per heavy atom. The third-order valence-electron chi connectivity index (χ3n) is 3.88. The standard InChI is InChI=1S/C15H24ClN3O/c1-3-20-10-15-18-13(16)8-14(19-15)17-9-12-6-4-11(2)5-7-12/h8,11-12H,3-7,9-10H2,1-2H3,(H,17,18,19). The highest BCUT2D eigenvalue weighted by Crippen LogP contribution is 2.28. The van der Waals surface area contributed by atoms with Crippen LogP contribution in [-0.4, -0.2) is 23.1 Å². The summed E-state index contributed by atoms with van der Waals surface area (Å²) >= 11 is 6.02. The van der Waals surface area contributed by atoms with Gasteiger partial charge in [-0.1, -0.05) is 31.4 Å². The highest BCUT2D eigenvalue weighted by atomic mass is 35.5. The largest absolute Gasteiger partial charge is 0.374 e. The second-order valence-corrected chi connectivity index (χ2v) is 6.02. The SMILES string of the molecule is CCOCc1nc(Cl)cc(NCC2CCC(C)CC2)n1. The molecule has 0 atom stereocenters. The lowest BCUT2D eigenvalue weighted by Crippen LogP contribution is -2.20. The van der Waals surface area contributed by atoms with E-state index in [0.717, 1.165) is 24.2 Å². The molecule has 1 aromatic rings. The molecule has 2 rings (SSSR count). The monoisotopic (exact) mass is 297 g/mol. The molecule has 1 heterocycles. The van der Waals surface area contributed by atoms with Crippen molar-refractivity contribution in [1.82, 2.24) is 9.97 Å². The van der Waals surface area contributed by atoms with Crippen LogP contribution in [0.4, 0.5) is 5.82 Å². The van der Waals surface area contributed by atoms with Crippen molar-refractivity contribution in [3.8, 4) is 0 Å². The molecule has 5 heteroatoms. The molecule has 0 bridgehead atoms. The first kappa shape index (κ1) is 15.5. The van der Waals surface area contributed by atoms with E-state index >= 15 is 0 Å². The molecule has 112 valence electrons. The first-order valence-corrected chi connectivity index (χ1v) is 7.90. The molecule has 1 fully saturated rings. The fraction of sp³-hybridized carbons (Fsp3) is 0.733. The van der Waals surface area contributed by atoms with E-state index < -0.39 is 0 Å². The van der Waals surface area contributed by atoms with E-state index in [-0.39, 0.29) is 0 Å². The van der Waals surface area contributed by atoms with E-state index in [4.69, 9.17) is 16.3 Å². The summed E-state index contributed by atoms with van der Waals surface area (Å²) in [5.41, 5.74) is 0. The van der Waals surface area contributed by atoms with Crippen molar-refractivity contribution in [3.05, 3.63) is 17.0 Å². The molecule has 0 aromatic carbocycles. The zero-order valence-electron chi connectivity index (χ0n) is 12.4. The number of hydrogen-bond donors (Lipinski definition) is 1. The van der Waals surface area contributed by atoms with Crippen LogP contribution in [0.3, 0.4) is 0 Å². The summed E-state index contributed by atoms with van der Waals surface area (Å²) in [7, 11) is 0. The normalized spacial score (nSPS) is 22.8. The highest BCUT2D eigenvalue weighted by Gasteiger charge is 2.18. The van der Waals surface area contributed by atoms with Gasteiger partial charge in [-0.15, -0.1) is 0 Å². The molecule has 1 aliphatic carbocycles. The van der Waals surface area contributed by atoms with Crippen molar-refractivity contribution in [2.45, 2.75) is 46.1 Å². The van der Waals surface area contributed by atoms with Crippen molar-refractivity contribution in [3.63, 3.8) is 0 Å².